The Hall–Kier alpha value is -0.130. The van der Waals surface area contributed by atoms with Crippen LogP contribution in [-0.4, -0.2) is 48.6 Å². The molecule has 0 bridgehead atoms. The third-order valence-electron chi connectivity index (χ3n) is 4.45. The standard InChI is InChI=1S/C14H24ClN3S/c1-3-18-8-6-14(11-16,7-9-18)17(2)10-12-4-5-13(15)19-12/h4-5H,3,6-11,16H2,1-2H3. The highest BCUT2D eigenvalue weighted by Gasteiger charge is 2.36. The van der Waals surface area contributed by atoms with Crippen LogP contribution in [0.5, 0.6) is 0 Å². The van der Waals surface area contributed by atoms with Crippen molar-refractivity contribution in [3.8, 4) is 0 Å². The predicted octanol–water partition coefficient (Wildman–Crippen LogP) is 2.65. The second-order valence-electron chi connectivity index (χ2n) is 5.42. The monoisotopic (exact) mass is 301 g/mol. The van der Waals surface area contributed by atoms with Crippen LogP contribution in [0.25, 0.3) is 0 Å². The number of thiophene rings is 1. The summed E-state index contributed by atoms with van der Waals surface area (Å²) in [6, 6.07) is 4.10. The molecule has 0 spiro atoms. The lowest BCUT2D eigenvalue weighted by Gasteiger charge is -2.46. The molecule has 0 atom stereocenters. The van der Waals surface area contributed by atoms with Gasteiger partial charge in [-0.2, -0.15) is 0 Å². The van der Waals surface area contributed by atoms with Crippen molar-refractivity contribution in [2.24, 2.45) is 5.73 Å². The number of hydrogen-bond acceptors (Lipinski definition) is 4. The summed E-state index contributed by atoms with van der Waals surface area (Å²) in [5, 5.41) is 0. The first kappa shape index (κ1) is 15.3. The molecule has 2 N–H and O–H groups in total. The van der Waals surface area contributed by atoms with E-state index >= 15 is 0 Å². The summed E-state index contributed by atoms with van der Waals surface area (Å²) in [7, 11) is 2.20. The average Bonchev–Trinajstić information content (AvgIpc) is 2.84. The molecule has 3 nitrogen and oxygen atoms in total. The van der Waals surface area contributed by atoms with Gasteiger partial charge >= 0.3 is 0 Å². The van der Waals surface area contributed by atoms with Crippen LogP contribution in [0.3, 0.4) is 0 Å². The fourth-order valence-corrected chi connectivity index (χ4v) is 4.01. The topological polar surface area (TPSA) is 32.5 Å². The Balaban J connectivity index is 2.00. The first-order chi connectivity index (χ1) is 9.09. The SMILES string of the molecule is CCN1CCC(CN)(N(C)Cc2ccc(Cl)s2)CC1. The van der Waals surface area contributed by atoms with E-state index in [0.29, 0.717) is 0 Å². The summed E-state index contributed by atoms with van der Waals surface area (Å²) >= 11 is 7.67. The van der Waals surface area contributed by atoms with E-state index in [1.807, 2.05) is 6.07 Å². The van der Waals surface area contributed by atoms with Crippen LogP contribution in [0.15, 0.2) is 12.1 Å². The Labute approximate surface area is 125 Å². The van der Waals surface area contributed by atoms with Crippen molar-refractivity contribution >= 4 is 22.9 Å². The van der Waals surface area contributed by atoms with Gasteiger partial charge in [-0.15, -0.1) is 11.3 Å². The number of piperidine rings is 1. The Morgan fingerprint density at radius 1 is 1.42 bits per heavy atom. The van der Waals surface area contributed by atoms with Gasteiger partial charge in [-0.3, -0.25) is 4.90 Å². The number of halogens is 1. The Kier molecular flexibility index (Phi) is 5.26. The van der Waals surface area contributed by atoms with E-state index in [1.54, 1.807) is 11.3 Å². The van der Waals surface area contributed by atoms with Crippen molar-refractivity contribution < 1.29 is 0 Å². The van der Waals surface area contributed by atoms with Gasteiger partial charge in [0, 0.05) is 23.5 Å². The largest absolute Gasteiger partial charge is 0.329 e. The molecular formula is C14H24ClN3S. The highest BCUT2D eigenvalue weighted by atomic mass is 35.5. The van der Waals surface area contributed by atoms with Crippen molar-refractivity contribution in [3.05, 3.63) is 21.3 Å². The number of nitrogens with two attached hydrogens (primary N) is 1. The van der Waals surface area contributed by atoms with Gasteiger partial charge in [0.25, 0.3) is 0 Å². The van der Waals surface area contributed by atoms with Gasteiger partial charge in [-0.1, -0.05) is 18.5 Å². The molecule has 2 rings (SSSR count). The Bertz CT molecular complexity index is 399. The number of likely N-dealkylation sites (tertiary alicyclic amines) is 1. The summed E-state index contributed by atoms with van der Waals surface area (Å²) in [6.07, 6.45) is 2.32. The zero-order valence-electron chi connectivity index (χ0n) is 11.9. The minimum Gasteiger partial charge on any atom is -0.329 e. The van der Waals surface area contributed by atoms with Crippen LogP contribution in [0.2, 0.25) is 4.34 Å². The molecule has 2 heterocycles. The second-order valence-corrected chi connectivity index (χ2v) is 7.22. The maximum absolute atomic E-state index is 6.10. The van der Waals surface area contributed by atoms with Crippen LogP contribution < -0.4 is 5.73 Å². The third-order valence-corrected chi connectivity index (χ3v) is 5.66. The Morgan fingerprint density at radius 3 is 2.58 bits per heavy atom. The normalized spacial score (nSPS) is 20.1. The average molecular weight is 302 g/mol. The Morgan fingerprint density at radius 2 is 2.11 bits per heavy atom. The molecule has 0 aliphatic carbocycles. The molecule has 1 aliphatic rings. The molecule has 1 aliphatic heterocycles. The number of nitrogens with zero attached hydrogens (tertiary/aromatic N) is 2. The van der Waals surface area contributed by atoms with Crippen LogP contribution in [0, 0.1) is 0 Å². The first-order valence-electron chi connectivity index (χ1n) is 6.97. The molecule has 0 saturated carbocycles. The maximum Gasteiger partial charge on any atom is 0.0931 e. The van der Waals surface area contributed by atoms with Gasteiger partial charge in [-0.25, -0.2) is 0 Å². The fraction of sp³-hybridized carbons (Fsp3) is 0.714. The van der Waals surface area contributed by atoms with Crippen molar-refractivity contribution in [2.75, 3.05) is 33.2 Å². The molecule has 0 unspecified atom stereocenters. The lowest BCUT2D eigenvalue weighted by atomic mass is 9.86. The van der Waals surface area contributed by atoms with Gasteiger partial charge in [0.1, 0.15) is 0 Å². The van der Waals surface area contributed by atoms with E-state index in [-0.39, 0.29) is 5.54 Å². The van der Waals surface area contributed by atoms with E-state index in [4.69, 9.17) is 17.3 Å². The molecule has 1 fully saturated rings. The van der Waals surface area contributed by atoms with Gasteiger partial charge in [0.05, 0.1) is 4.34 Å². The lowest BCUT2D eigenvalue weighted by Crippen LogP contribution is -2.57. The first-order valence-corrected chi connectivity index (χ1v) is 8.17. The summed E-state index contributed by atoms with van der Waals surface area (Å²) < 4.78 is 0.867. The van der Waals surface area contributed by atoms with E-state index in [1.165, 1.54) is 4.88 Å². The second kappa shape index (κ2) is 6.55. The number of rotatable bonds is 5. The highest BCUT2D eigenvalue weighted by molar-refractivity contribution is 7.16. The molecule has 1 aromatic heterocycles. The van der Waals surface area contributed by atoms with Gasteiger partial charge in [0.15, 0.2) is 0 Å². The van der Waals surface area contributed by atoms with Crippen LogP contribution in [0.4, 0.5) is 0 Å². The van der Waals surface area contributed by atoms with E-state index in [9.17, 15) is 0 Å². The van der Waals surface area contributed by atoms with Crippen molar-refractivity contribution in [3.63, 3.8) is 0 Å². The van der Waals surface area contributed by atoms with E-state index in [2.05, 4.69) is 29.8 Å². The molecular weight excluding hydrogens is 278 g/mol. The molecule has 0 radical (unpaired) electrons. The summed E-state index contributed by atoms with van der Waals surface area (Å²) in [5.74, 6) is 0. The van der Waals surface area contributed by atoms with E-state index < -0.39 is 0 Å². The minimum atomic E-state index is 0.155. The molecule has 19 heavy (non-hydrogen) atoms. The highest BCUT2D eigenvalue weighted by Crippen LogP contribution is 2.30. The molecule has 1 saturated heterocycles. The number of likely N-dealkylation sites (N-methyl/N-ethyl adjacent to an activating group) is 1. The van der Waals surface area contributed by atoms with Crippen molar-refractivity contribution in [2.45, 2.75) is 31.8 Å². The summed E-state index contributed by atoms with van der Waals surface area (Å²) in [5.41, 5.74) is 6.26. The zero-order valence-corrected chi connectivity index (χ0v) is 13.4. The molecule has 1 aromatic rings. The van der Waals surface area contributed by atoms with Crippen molar-refractivity contribution in [1.29, 1.82) is 0 Å². The quantitative estimate of drug-likeness (QED) is 0.907. The van der Waals surface area contributed by atoms with Crippen molar-refractivity contribution in [1.82, 2.24) is 9.80 Å². The fourth-order valence-electron chi connectivity index (χ4n) is 2.87. The lowest BCUT2D eigenvalue weighted by molar-refractivity contribution is 0.0425. The predicted molar refractivity (Wildman–Crippen MR) is 83.9 cm³/mol. The molecule has 0 aromatic carbocycles. The smallest absolute Gasteiger partial charge is 0.0931 e. The minimum absolute atomic E-state index is 0.155. The molecule has 0 amide bonds. The van der Waals surface area contributed by atoms with Crippen LogP contribution in [-0.2, 0) is 6.54 Å². The molecule has 5 heteroatoms. The van der Waals surface area contributed by atoms with E-state index in [0.717, 1.165) is 49.9 Å². The maximum atomic E-state index is 6.10. The number of hydrogen-bond donors (Lipinski definition) is 1. The van der Waals surface area contributed by atoms with Gasteiger partial charge < -0.3 is 10.6 Å². The summed E-state index contributed by atoms with van der Waals surface area (Å²) in [4.78, 5) is 6.25. The summed E-state index contributed by atoms with van der Waals surface area (Å²) in [6.45, 7) is 7.37. The van der Waals surface area contributed by atoms with Gasteiger partial charge in [-0.05, 0) is 51.7 Å². The van der Waals surface area contributed by atoms with Crippen LogP contribution in [0.1, 0.15) is 24.6 Å². The van der Waals surface area contributed by atoms with Crippen LogP contribution >= 0.6 is 22.9 Å². The zero-order chi connectivity index (χ0) is 13.9. The third kappa shape index (κ3) is 3.50. The van der Waals surface area contributed by atoms with Gasteiger partial charge in [0.2, 0.25) is 0 Å². The molecule has 108 valence electrons.